The number of aromatic nitrogens is 1. The first-order valence-electron chi connectivity index (χ1n) is 7.65. The number of amides is 1. The fourth-order valence-corrected chi connectivity index (χ4v) is 2.73. The van der Waals surface area contributed by atoms with E-state index < -0.39 is 28.9 Å². The number of phenolic OH excluding ortho intramolecular Hbond substituents is 1. The molecular formula is C17H17F2N3O2. The maximum atomic E-state index is 13.9. The second-order valence-electron chi connectivity index (χ2n) is 5.64. The molecule has 0 spiro atoms. The number of rotatable bonds is 3. The summed E-state index contributed by atoms with van der Waals surface area (Å²) in [6, 6.07) is 7.47. The van der Waals surface area contributed by atoms with E-state index in [9.17, 15) is 18.7 Å². The van der Waals surface area contributed by atoms with Crippen LogP contribution in [0.2, 0.25) is 0 Å². The molecule has 0 radical (unpaired) electrons. The van der Waals surface area contributed by atoms with Gasteiger partial charge >= 0.3 is 0 Å². The van der Waals surface area contributed by atoms with E-state index in [1.165, 1.54) is 4.90 Å². The number of nitrogens with zero attached hydrogens (tertiary/aromatic N) is 3. The highest BCUT2D eigenvalue weighted by Gasteiger charge is 2.28. The van der Waals surface area contributed by atoms with Crippen LogP contribution in [-0.2, 0) is 6.54 Å². The van der Waals surface area contributed by atoms with Crippen LogP contribution in [0.25, 0.3) is 0 Å². The van der Waals surface area contributed by atoms with Crippen molar-refractivity contribution in [2.75, 3.05) is 26.2 Å². The molecule has 2 heterocycles. The number of benzene rings is 1. The SMILES string of the molecule is O=C(c1c(F)ccc(O)c1F)N1CCN(Cc2ccccn2)CC1. The molecule has 1 aliphatic heterocycles. The maximum absolute atomic E-state index is 13.9. The van der Waals surface area contributed by atoms with Gasteiger partial charge in [0.1, 0.15) is 11.4 Å². The van der Waals surface area contributed by atoms with Gasteiger partial charge in [-0.15, -0.1) is 0 Å². The maximum Gasteiger partial charge on any atom is 0.260 e. The second-order valence-corrected chi connectivity index (χ2v) is 5.64. The van der Waals surface area contributed by atoms with Crippen LogP contribution in [-0.4, -0.2) is 52.0 Å². The Morgan fingerprint density at radius 3 is 2.54 bits per heavy atom. The van der Waals surface area contributed by atoms with Crippen LogP contribution in [0.4, 0.5) is 8.78 Å². The molecule has 2 aromatic rings. The van der Waals surface area contributed by atoms with Gasteiger partial charge in [-0.25, -0.2) is 8.78 Å². The second kappa shape index (κ2) is 6.92. The Bertz CT molecular complexity index is 732. The number of hydrogen-bond donors (Lipinski definition) is 1. The number of aromatic hydroxyl groups is 1. The smallest absolute Gasteiger partial charge is 0.260 e. The van der Waals surface area contributed by atoms with E-state index in [2.05, 4.69) is 9.88 Å². The Hall–Kier alpha value is -2.54. The first-order valence-corrected chi connectivity index (χ1v) is 7.65. The van der Waals surface area contributed by atoms with Gasteiger partial charge in [0, 0.05) is 38.9 Å². The van der Waals surface area contributed by atoms with Crippen LogP contribution >= 0.6 is 0 Å². The van der Waals surface area contributed by atoms with Gasteiger partial charge < -0.3 is 10.0 Å². The van der Waals surface area contributed by atoms with Crippen LogP contribution in [0.3, 0.4) is 0 Å². The van der Waals surface area contributed by atoms with Gasteiger partial charge in [-0.2, -0.15) is 0 Å². The quantitative estimate of drug-likeness (QED) is 0.934. The van der Waals surface area contributed by atoms with Gasteiger partial charge in [-0.05, 0) is 24.3 Å². The van der Waals surface area contributed by atoms with Crippen LogP contribution in [0.5, 0.6) is 5.75 Å². The lowest BCUT2D eigenvalue weighted by molar-refractivity contribution is 0.0616. The first kappa shape index (κ1) is 16.3. The summed E-state index contributed by atoms with van der Waals surface area (Å²) in [5.74, 6) is -3.64. The third-order valence-electron chi connectivity index (χ3n) is 4.06. The van der Waals surface area contributed by atoms with Crippen molar-refractivity contribution in [1.29, 1.82) is 0 Å². The van der Waals surface area contributed by atoms with E-state index in [4.69, 9.17) is 0 Å². The third-order valence-corrected chi connectivity index (χ3v) is 4.06. The molecule has 0 aliphatic carbocycles. The zero-order valence-corrected chi connectivity index (χ0v) is 13.0. The van der Waals surface area contributed by atoms with E-state index in [-0.39, 0.29) is 0 Å². The van der Waals surface area contributed by atoms with E-state index in [1.54, 1.807) is 6.20 Å². The molecule has 0 bridgehead atoms. The Kier molecular flexibility index (Phi) is 4.71. The number of phenols is 1. The highest BCUT2D eigenvalue weighted by molar-refractivity contribution is 5.95. The molecule has 1 N–H and O–H groups in total. The summed E-state index contributed by atoms with van der Waals surface area (Å²) >= 11 is 0. The normalized spacial score (nSPS) is 15.5. The molecule has 5 nitrogen and oxygen atoms in total. The van der Waals surface area contributed by atoms with Gasteiger partial charge in [0.15, 0.2) is 11.6 Å². The number of pyridine rings is 1. The lowest BCUT2D eigenvalue weighted by Gasteiger charge is -2.34. The van der Waals surface area contributed by atoms with Crippen molar-refractivity contribution < 1.29 is 18.7 Å². The minimum absolute atomic E-state index is 0.361. The number of carbonyl (C=O) groups is 1. The Morgan fingerprint density at radius 1 is 1.12 bits per heavy atom. The van der Waals surface area contributed by atoms with Gasteiger partial charge in [-0.1, -0.05) is 6.07 Å². The van der Waals surface area contributed by atoms with Crippen LogP contribution in [0.1, 0.15) is 16.1 Å². The average molecular weight is 333 g/mol. The van der Waals surface area contributed by atoms with Crippen molar-refractivity contribution in [3.05, 3.63) is 59.4 Å². The van der Waals surface area contributed by atoms with Crippen LogP contribution in [0.15, 0.2) is 36.5 Å². The predicted molar refractivity (Wildman–Crippen MR) is 83.4 cm³/mol. The third kappa shape index (κ3) is 3.35. The molecule has 1 aromatic carbocycles. The monoisotopic (exact) mass is 333 g/mol. The largest absolute Gasteiger partial charge is 0.505 e. The lowest BCUT2D eigenvalue weighted by atomic mass is 10.1. The Labute approximate surface area is 138 Å². The summed E-state index contributed by atoms with van der Waals surface area (Å²) in [4.78, 5) is 20.1. The molecule has 7 heteroatoms. The summed E-state index contributed by atoms with van der Waals surface area (Å²) in [7, 11) is 0. The van der Waals surface area contributed by atoms with Crippen LogP contribution in [0, 0.1) is 11.6 Å². The zero-order chi connectivity index (χ0) is 17.1. The van der Waals surface area contributed by atoms with Gasteiger partial charge in [0.25, 0.3) is 5.91 Å². The molecule has 0 unspecified atom stereocenters. The first-order chi connectivity index (χ1) is 11.6. The van der Waals surface area contributed by atoms with Crippen molar-refractivity contribution in [2.24, 2.45) is 0 Å². The molecule has 3 rings (SSSR count). The van der Waals surface area contributed by atoms with Crippen molar-refractivity contribution >= 4 is 5.91 Å². The van der Waals surface area contributed by atoms with E-state index in [0.29, 0.717) is 32.7 Å². The van der Waals surface area contributed by atoms with E-state index >= 15 is 0 Å². The van der Waals surface area contributed by atoms with Crippen molar-refractivity contribution in [3.8, 4) is 5.75 Å². The summed E-state index contributed by atoms with van der Waals surface area (Å²) in [6.07, 6.45) is 1.72. The fraction of sp³-hybridized carbons (Fsp3) is 0.294. The van der Waals surface area contributed by atoms with Gasteiger partial charge in [-0.3, -0.25) is 14.7 Å². The lowest BCUT2D eigenvalue weighted by Crippen LogP contribution is -2.48. The Balaban J connectivity index is 1.65. The van der Waals surface area contributed by atoms with Crippen molar-refractivity contribution in [1.82, 2.24) is 14.8 Å². The molecular weight excluding hydrogens is 316 g/mol. The number of hydrogen-bond acceptors (Lipinski definition) is 4. The molecule has 1 aromatic heterocycles. The van der Waals surface area contributed by atoms with Crippen molar-refractivity contribution in [3.63, 3.8) is 0 Å². The summed E-state index contributed by atoms with van der Waals surface area (Å²) < 4.78 is 27.7. The topological polar surface area (TPSA) is 56.7 Å². The van der Waals surface area contributed by atoms with Crippen LogP contribution < -0.4 is 0 Å². The molecule has 24 heavy (non-hydrogen) atoms. The molecule has 1 saturated heterocycles. The summed E-state index contributed by atoms with van der Waals surface area (Å²) in [5, 5.41) is 9.35. The molecule has 126 valence electrons. The van der Waals surface area contributed by atoms with Gasteiger partial charge in [0.05, 0.1) is 5.69 Å². The highest BCUT2D eigenvalue weighted by atomic mass is 19.1. The Morgan fingerprint density at radius 2 is 1.88 bits per heavy atom. The van der Waals surface area contributed by atoms with E-state index in [1.807, 2.05) is 18.2 Å². The minimum atomic E-state index is -1.21. The summed E-state index contributed by atoms with van der Waals surface area (Å²) in [6.45, 7) is 2.56. The van der Waals surface area contributed by atoms with Crippen molar-refractivity contribution in [2.45, 2.75) is 6.54 Å². The van der Waals surface area contributed by atoms with E-state index in [0.717, 1.165) is 17.8 Å². The number of piperazine rings is 1. The molecule has 0 atom stereocenters. The zero-order valence-electron chi connectivity index (χ0n) is 13.0. The fourth-order valence-electron chi connectivity index (χ4n) is 2.73. The molecule has 1 amide bonds. The molecule has 1 aliphatic rings. The molecule has 1 fully saturated rings. The number of carbonyl (C=O) groups excluding carboxylic acids is 1. The highest BCUT2D eigenvalue weighted by Crippen LogP contribution is 2.23. The number of halogens is 2. The standard InChI is InChI=1S/C17H17F2N3O2/c18-13-4-5-14(23)16(19)15(13)17(24)22-9-7-21(8-10-22)11-12-3-1-2-6-20-12/h1-6,23H,7-11H2. The predicted octanol–water partition coefficient (Wildman–Crippen LogP) is 2.02. The minimum Gasteiger partial charge on any atom is -0.505 e. The summed E-state index contributed by atoms with van der Waals surface area (Å²) in [5.41, 5.74) is 0.232. The molecule has 0 saturated carbocycles. The average Bonchev–Trinajstić information content (AvgIpc) is 2.60. The van der Waals surface area contributed by atoms with Gasteiger partial charge in [0.2, 0.25) is 0 Å².